The molecule has 0 saturated carbocycles. The van der Waals surface area contributed by atoms with E-state index in [0.29, 0.717) is 0 Å². The number of amides is 2. The van der Waals surface area contributed by atoms with Gasteiger partial charge in [-0.15, -0.1) is 0 Å². The van der Waals surface area contributed by atoms with Crippen molar-refractivity contribution in [2.24, 2.45) is 0 Å². The number of hydrogen-bond donors (Lipinski definition) is 1. The summed E-state index contributed by atoms with van der Waals surface area (Å²) < 4.78 is 0. The predicted molar refractivity (Wildman–Crippen MR) is 116 cm³/mol. The summed E-state index contributed by atoms with van der Waals surface area (Å²) in [5, 5.41) is 3.15. The fourth-order valence-electron chi connectivity index (χ4n) is 3.34. The minimum atomic E-state index is 0.160. The Hall–Kier alpha value is -0.730. The number of nitrogens with one attached hydrogen (secondary N) is 1. The molecule has 0 aliphatic heterocycles. The SMILES string of the molecule is CCCCCCCCCCCCNC(=O)N(CCCCC)CCCCC. The predicted octanol–water partition coefficient (Wildman–Crippen LogP) is 7.30. The molecule has 0 spiro atoms. The first kappa shape index (κ1) is 25.3. The lowest BCUT2D eigenvalue weighted by atomic mass is 10.1. The second kappa shape index (κ2) is 20.6. The summed E-state index contributed by atoms with van der Waals surface area (Å²) in [5.74, 6) is 0. The van der Waals surface area contributed by atoms with E-state index in [1.165, 1.54) is 83.5 Å². The highest BCUT2D eigenvalue weighted by atomic mass is 16.2. The van der Waals surface area contributed by atoms with Gasteiger partial charge in [0.05, 0.1) is 0 Å². The Morgan fingerprint density at radius 2 is 0.962 bits per heavy atom. The number of unbranched alkanes of at least 4 members (excludes halogenated alkanes) is 13. The number of hydrogen-bond acceptors (Lipinski definition) is 1. The monoisotopic (exact) mass is 368 g/mol. The lowest BCUT2D eigenvalue weighted by Crippen LogP contribution is -2.41. The molecule has 0 unspecified atom stereocenters. The van der Waals surface area contributed by atoms with E-state index in [1.807, 2.05) is 4.90 Å². The van der Waals surface area contributed by atoms with Gasteiger partial charge in [0, 0.05) is 19.6 Å². The van der Waals surface area contributed by atoms with Crippen LogP contribution in [0.15, 0.2) is 0 Å². The molecule has 0 aliphatic rings. The van der Waals surface area contributed by atoms with Crippen LogP contribution in [0.1, 0.15) is 124 Å². The van der Waals surface area contributed by atoms with Crippen LogP contribution in [0.25, 0.3) is 0 Å². The molecule has 0 aliphatic carbocycles. The third kappa shape index (κ3) is 16.7. The van der Waals surface area contributed by atoms with E-state index in [-0.39, 0.29) is 6.03 Å². The Morgan fingerprint density at radius 1 is 0.577 bits per heavy atom. The van der Waals surface area contributed by atoms with Gasteiger partial charge in [-0.25, -0.2) is 4.79 Å². The van der Waals surface area contributed by atoms with Gasteiger partial charge >= 0.3 is 6.03 Å². The van der Waals surface area contributed by atoms with E-state index >= 15 is 0 Å². The van der Waals surface area contributed by atoms with Crippen molar-refractivity contribution < 1.29 is 4.79 Å². The van der Waals surface area contributed by atoms with Gasteiger partial charge in [-0.3, -0.25) is 0 Å². The minimum Gasteiger partial charge on any atom is -0.338 e. The van der Waals surface area contributed by atoms with Gasteiger partial charge in [-0.05, 0) is 19.3 Å². The molecule has 0 rings (SSSR count). The molecule has 0 aromatic heterocycles. The highest BCUT2D eigenvalue weighted by Gasteiger charge is 2.11. The number of rotatable bonds is 19. The molecule has 3 nitrogen and oxygen atoms in total. The number of carbonyl (C=O) groups is 1. The van der Waals surface area contributed by atoms with Crippen molar-refractivity contribution in [1.82, 2.24) is 10.2 Å². The third-order valence-electron chi connectivity index (χ3n) is 5.16. The molecular weight excluding hydrogens is 320 g/mol. The second-order valence-electron chi connectivity index (χ2n) is 7.82. The summed E-state index contributed by atoms with van der Waals surface area (Å²) in [4.78, 5) is 14.5. The van der Waals surface area contributed by atoms with Crippen LogP contribution in [0, 0.1) is 0 Å². The topological polar surface area (TPSA) is 32.3 Å². The van der Waals surface area contributed by atoms with Crippen molar-refractivity contribution in [3.05, 3.63) is 0 Å². The summed E-state index contributed by atoms with van der Waals surface area (Å²) in [6.07, 6.45) is 20.5. The van der Waals surface area contributed by atoms with Crippen LogP contribution < -0.4 is 5.32 Å². The summed E-state index contributed by atoms with van der Waals surface area (Å²) in [6.45, 7) is 9.38. The van der Waals surface area contributed by atoms with E-state index < -0.39 is 0 Å². The Kier molecular flexibility index (Phi) is 20.0. The quantitative estimate of drug-likeness (QED) is 0.238. The molecule has 2 amide bonds. The average molecular weight is 369 g/mol. The fourth-order valence-corrected chi connectivity index (χ4v) is 3.34. The standard InChI is InChI=1S/C23H48N2O/c1-4-7-10-11-12-13-14-15-16-17-20-24-23(26)25(21-18-8-5-2)22-19-9-6-3/h4-22H2,1-3H3,(H,24,26). The zero-order valence-electron chi connectivity index (χ0n) is 18.3. The maximum atomic E-state index is 12.4. The lowest BCUT2D eigenvalue weighted by molar-refractivity contribution is 0.195. The first-order valence-electron chi connectivity index (χ1n) is 11.8. The van der Waals surface area contributed by atoms with Crippen LogP contribution >= 0.6 is 0 Å². The maximum Gasteiger partial charge on any atom is 0.317 e. The summed E-state index contributed by atoms with van der Waals surface area (Å²) in [7, 11) is 0. The van der Waals surface area contributed by atoms with Gasteiger partial charge in [0.15, 0.2) is 0 Å². The zero-order valence-corrected chi connectivity index (χ0v) is 18.3. The third-order valence-corrected chi connectivity index (χ3v) is 5.16. The molecule has 0 saturated heterocycles. The fraction of sp³-hybridized carbons (Fsp3) is 0.957. The average Bonchev–Trinajstić information content (AvgIpc) is 2.65. The van der Waals surface area contributed by atoms with Crippen LogP contribution in [0.5, 0.6) is 0 Å². The molecule has 0 aromatic carbocycles. The molecule has 1 N–H and O–H groups in total. The van der Waals surface area contributed by atoms with E-state index in [9.17, 15) is 4.79 Å². The van der Waals surface area contributed by atoms with E-state index in [4.69, 9.17) is 0 Å². The minimum absolute atomic E-state index is 0.160. The Balaban J connectivity index is 3.66. The van der Waals surface area contributed by atoms with Crippen molar-refractivity contribution in [3.63, 3.8) is 0 Å². The molecule has 3 heteroatoms. The highest BCUT2D eigenvalue weighted by Crippen LogP contribution is 2.10. The summed E-state index contributed by atoms with van der Waals surface area (Å²) >= 11 is 0. The van der Waals surface area contributed by atoms with E-state index in [0.717, 1.165) is 38.9 Å². The summed E-state index contributed by atoms with van der Waals surface area (Å²) in [5.41, 5.74) is 0. The van der Waals surface area contributed by atoms with Crippen molar-refractivity contribution in [3.8, 4) is 0 Å². The highest BCUT2D eigenvalue weighted by molar-refractivity contribution is 5.74. The molecule has 0 aromatic rings. The first-order chi connectivity index (χ1) is 12.8. The van der Waals surface area contributed by atoms with Crippen LogP contribution in [-0.4, -0.2) is 30.6 Å². The van der Waals surface area contributed by atoms with Crippen molar-refractivity contribution >= 4 is 6.03 Å². The Morgan fingerprint density at radius 3 is 1.42 bits per heavy atom. The molecule has 0 fully saturated rings. The van der Waals surface area contributed by atoms with Gasteiger partial charge in [-0.2, -0.15) is 0 Å². The van der Waals surface area contributed by atoms with Crippen LogP contribution in [0.2, 0.25) is 0 Å². The van der Waals surface area contributed by atoms with Gasteiger partial charge < -0.3 is 10.2 Å². The van der Waals surface area contributed by atoms with Crippen LogP contribution in [0.4, 0.5) is 4.79 Å². The smallest absolute Gasteiger partial charge is 0.317 e. The maximum absolute atomic E-state index is 12.4. The Labute approximate surface area is 164 Å². The van der Waals surface area contributed by atoms with Crippen LogP contribution in [0.3, 0.4) is 0 Å². The van der Waals surface area contributed by atoms with Gasteiger partial charge in [0.25, 0.3) is 0 Å². The number of urea groups is 1. The van der Waals surface area contributed by atoms with Crippen LogP contribution in [-0.2, 0) is 0 Å². The molecule has 26 heavy (non-hydrogen) atoms. The molecule has 0 radical (unpaired) electrons. The van der Waals surface area contributed by atoms with E-state index in [2.05, 4.69) is 26.1 Å². The molecule has 0 bridgehead atoms. The van der Waals surface area contributed by atoms with Gasteiger partial charge in [-0.1, -0.05) is 104 Å². The zero-order chi connectivity index (χ0) is 19.3. The van der Waals surface area contributed by atoms with Crippen molar-refractivity contribution in [2.75, 3.05) is 19.6 Å². The summed E-state index contributed by atoms with van der Waals surface area (Å²) in [6, 6.07) is 0.160. The first-order valence-corrected chi connectivity index (χ1v) is 11.8. The van der Waals surface area contributed by atoms with Crippen molar-refractivity contribution in [1.29, 1.82) is 0 Å². The second-order valence-corrected chi connectivity index (χ2v) is 7.82. The molecule has 0 heterocycles. The van der Waals surface area contributed by atoms with Crippen molar-refractivity contribution in [2.45, 2.75) is 124 Å². The lowest BCUT2D eigenvalue weighted by Gasteiger charge is -2.23. The molecule has 156 valence electrons. The Bertz CT molecular complexity index is 284. The number of carbonyl (C=O) groups excluding carboxylic acids is 1. The number of nitrogens with zero attached hydrogens (tertiary/aromatic N) is 1. The largest absolute Gasteiger partial charge is 0.338 e. The van der Waals surface area contributed by atoms with E-state index in [1.54, 1.807) is 0 Å². The normalized spacial score (nSPS) is 10.9. The molecular formula is C23H48N2O. The van der Waals surface area contributed by atoms with Gasteiger partial charge in [0.2, 0.25) is 0 Å². The van der Waals surface area contributed by atoms with Gasteiger partial charge in [0.1, 0.15) is 0 Å². The molecule has 0 atom stereocenters.